The summed E-state index contributed by atoms with van der Waals surface area (Å²) in [5.41, 5.74) is 6.24. The Morgan fingerprint density at radius 3 is 3.07 bits per heavy atom. The van der Waals surface area contributed by atoms with Gasteiger partial charge in [-0.1, -0.05) is 6.92 Å². The molecule has 84 valence electrons. The van der Waals surface area contributed by atoms with Crippen LogP contribution in [0.5, 0.6) is 0 Å². The van der Waals surface area contributed by atoms with Crippen molar-refractivity contribution >= 4 is 27.3 Å². The van der Waals surface area contributed by atoms with Crippen molar-refractivity contribution in [1.82, 2.24) is 4.90 Å². The van der Waals surface area contributed by atoms with Crippen molar-refractivity contribution in [3.8, 4) is 0 Å². The van der Waals surface area contributed by atoms with Gasteiger partial charge in [-0.15, -0.1) is 11.3 Å². The van der Waals surface area contributed by atoms with Gasteiger partial charge in [0.15, 0.2) is 0 Å². The Balaban J connectivity index is 2.22. The van der Waals surface area contributed by atoms with Gasteiger partial charge in [-0.05, 0) is 47.9 Å². The zero-order chi connectivity index (χ0) is 10.8. The lowest BCUT2D eigenvalue weighted by molar-refractivity contribution is 0.138. The summed E-state index contributed by atoms with van der Waals surface area (Å²) in [5.74, 6) is 0. The van der Waals surface area contributed by atoms with Crippen LogP contribution in [0, 0.1) is 0 Å². The van der Waals surface area contributed by atoms with E-state index in [-0.39, 0.29) is 0 Å². The molecule has 0 aromatic carbocycles. The molecule has 0 spiro atoms. The van der Waals surface area contributed by atoms with Crippen molar-refractivity contribution < 1.29 is 0 Å². The number of hydrogen-bond donors (Lipinski definition) is 1. The summed E-state index contributed by atoms with van der Waals surface area (Å²) in [5, 5.41) is 2.14. The van der Waals surface area contributed by atoms with Gasteiger partial charge in [0.2, 0.25) is 0 Å². The van der Waals surface area contributed by atoms with Crippen LogP contribution in [0.4, 0.5) is 0 Å². The van der Waals surface area contributed by atoms with Crippen LogP contribution in [0.3, 0.4) is 0 Å². The van der Waals surface area contributed by atoms with Crippen LogP contribution in [0.1, 0.15) is 30.7 Å². The van der Waals surface area contributed by atoms with E-state index in [1.807, 2.05) is 11.3 Å². The van der Waals surface area contributed by atoms with Crippen molar-refractivity contribution in [1.29, 1.82) is 0 Å². The van der Waals surface area contributed by atoms with E-state index in [9.17, 15) is 0 Å². The van der Waals surface area contributed by atoms with E-state index in [0.29, 0.717) is 12.1 Å². The van der Waals surface area contributed by atoms with E-state index >= 15 is 0 Å². The van der Waals surface area contributed by atoms with Crippen LogP contribution >= 0.6 is 27.3 Å². The molecule has 15 heavy (non-hydrogen) atoms. The lowest BCUT2D eigenvalue weighted by Gasteiger charge is -2.38. The topological polar surface area (TPSA) is 29.3 Å². The van der Waals surface area contributed by atoms with E-state index in [1.54, 1.807) is 0 Å². The third-order valence-electron chi connectivity index (χ3n) is 3.07. The van der Waals surface area contributed by atoms with E-state index in [0.717, 1.165) is 13.0 Å². The van der Waals surface area contributed by atoms with Gasteiger partial charge in [-0.3, -0.25) is 4.90 Å². The van der Waals surface area contributed by atoms with Gasteiger partial charge in [0.25, 0.3) is 0 Å². The Morgan fingerprint density at radius 2 is 2.47 bits per heavy atom. The molecule has 2 atom stereocenters. The average Bonchev–Trinajstić information content (AvgIpc) is 2.64. The molecule has 2 unspecified atom stereocenters. The average molecular weight is 289 g/mol. The van der Waals surface area contributed by atoms with Crippen LogP contribution in [0.2, 0.25) is 0 Å². The molecule has 1 aromatic rings. The van der Waals surface area contributed by atoms with Crippen LogP contribution in [-0.4, -0.2) is 24.0 Å². The highest BCUT2D eigenvalue weighted by atomic mass is 79.9. The number of nitrogens with zero attached hydrogens (tertiary/aromatic N) is 1. The Bertz CT molecular complexity index is 326. The zero-order valence-electron chi connectivity index (χ0n) is 8.95. The first kappa shape index (κ1) is 11.6. The molecule has 2 heterocycles. The highest BCUT2D eigenvalue weighted by Gasteiger charge is 2.30. The number of piperidine rings is 1. The first-order valence-corrected chi connectivity index (χ1v) is 7.13. The number of likely N-dealkylation sites (N-methyl/N-ethyl adjacent to an activating group) is 1. The van der Waals surface area contributed by atoms with Crippen LogP contribution in [-0.2, 0) is 0 Å². The monoisotopic (exact) mass is 288 g/mol. The molecule has 2 rings (SSSR count). The third kappa shape index (κ3) is 2.44. The smallest absolute Gasteiger partial charge is 0.0593 e. The van der Waals surface area contributed by atoms with E-state index in [1.165, 1.54) is 22.3 Å². The number of likely N-dealkylation sites (tertiary alicyclic amines) is 1. The predicted octanol–water partition coefficient (Wildman–Crippen LogP) is 2.99. The summed E-state index contributed by atoms with van der Waals surface area (Å²) in [4.78, 5) is 3.89. The fourth-order valence-corrected chi connectivity index (χ4v) is 3.98. The maximum atomic E-state index is 6.24. The Labute approximate surface area is 104 Å². The van der Waals surface area contributed by atoms with Crippen LogP contribution < -0.4 is 5.73 Å². The van der Waals surface area contributed by atoms with E-state index < -0.39 is 0 Å². The number of nitrogens with two attached hydrogens (primary N) is 1. The summed E-state index contributed by atoms with van der Waals surface area (Å²) >= 11 is 5.32. The van der Waals surface area contributed by atoms with Crippen LogP contribution in [0.15, 0.2) is 15.9 Å². The molecular formula is C11H17BrN2S. The summed E-state index contributed by atoms with van der Waals surface area (Å²) < 4.78 is 1.18. The van der Waals surface area contributed by atoms with Gasteiger partial charge in [0, 0.05) is 20.8 Å². The molecular weight excluding hydrogens is 272 g/mol. The second kappa shape index (κ2) is 4.95. The minimum Gasteiger partial charge on any atom is -0.326 e. The number of halogens is 1. The molecule has 1 saturated heterocycles. The van der Waals surface area contributed by atoms with Crippen molar-refractivity contribution in [2.75, 3.05) is 13.1 Å². The van der Waals surface area contributed by atoms with Crippen molar-refractivity contribution in [2.45, 2.75) is 31.8 Å². The number of thiophene rings is 1. The Morgan fingerprint density at radius 1 is 1.67 bits per heavy atom. The molecule has 1 aliphatic rings. The standard InChI is InChI=1S/C11H17BrN2S/c1-2-14-5-3-4-9(13)11(14)10-6-8(12)7-15-10/h6-7,9,11H,2-5,13H2,1H3. The van der Waals surface area contributed by atoms with Gasteiger partial charge < -0.3 is 5.73 Å². The van der Waals surface area contributed by atoms with Gasteiger partial charge in [-0.2, -0.15) is 0 Å². The Kier molecular flexibility index (Phi) is 3.83. The molecule has 0 amide bonds. The van der Waals surface area contributed by atoms with E-state index in [2.05, 4.69) is 39.2 Å². The van der Waals surface area contributed by atoms with E-state index in [4.69, 9.17) is 5.73 Å². The summed E-state index contributed by atoms with van der Waals surface area (Å²) in [7, 11) is 0. The SMILES string of the molecule is CCN1CCCC(N)C1c1cc(Br)cs1. The summed E-state index contributed by atoms with van der Waals surface area (Å²) in [6.07, 6.45) is 2.38. The molecule has 0 saturated carbocycles. The lowest BCUT2D eigenvalue weighted by Crippen LogP contribution is -2.45. The molecule has 0 aliphatic carbocycles. The molecule has 1 fully saturated rings. The van der Waals surface area contributed by atoms with Gasteiger partial charge in [0.05, 0.1) is 6.04 Å². The van der Waals surface area contributed by atoms with Crippen molar-refractivity contribution in [3.05, 3.63) is 20.8 Å². The first-order valence-electron chi connectivity index (χ1n) is 5.46. The number of hydrogen-bond acceptors (Lipinski definition) is 3. The van der Waals surface area contributed by atoms with Gasteiger partial charge >= 0.3 is 0 Å². The normalized spacial score (nSPS) is 28.2. The summed E-state index contributed by atoms with van der Waals surface area (Å²) in [6, 6.07) is 2.94. The maximum Gasteiger partial charge on any atom is 0.0593 e. The third-order valence-corrected chi connectivity index (χ3v) is 4.83. The molecule has 4 heteroatoms. The van der Waals surface area contributed by atoms with Crippen molar-refractivity contribution in [3.63, 3.8) is 0 Å². The zero-order valence-corrected chi connectivity index (χ0v) is 11.4. The highest BCUT2D eigenvalue weighted by molar-refractivity contribution is 9.10. The minimum absolute atomic E-state index is 0.296. The first-order chi connectivity index (χ1) is 7.22. The molecule has 2 N–H and O–H groups in total. The molecule has 2 nitrogen and oxygen atoms in total. The minimum atomic E-state index is 0.296. The van der Waals surface area contributed by atoms with Crippen LogP contribution in [0.25, 0.3) is 0 Å². The summed E-state index contributed by atoms with van der Waals surface area (Å²) in [6.45, 7) is 4.49. The van der Waals surface area contributed by atoms with Gasteiger partial charge in [0.1, 0.15) is 0 Å². The second-order valence-corrected chi connectivity index (χ2v) is 5.91. The quantitative estimate of drug-likeness (QED) is 0.907. The molecule has 0 bridgehead atoms. The fraction of sp³-hybridized carbons (Fsp3) is 0.636. The largest absolute Gasteiger partial charge is 0.326 e. The van der Waals surface area contributed by atoms with Crippen molar-refractivity contribution in [2.24, 2.45) is 5.73 Å². The lowest BCUT2D eigenvalue weighted by atomic mass is 9.96. The predicted molar refractivity (Wildman–Crippen MR) is 69.2 cm³/mol. The fourth-order valence-electron chi connectivity index (χ4n) is 2.33. The number of rotatable bonds is 2. The highest BCUT2D eigenvalue weighted by Crippen LogP contribution is 2.34. The second-order valence-electron chi connectivity index (χ2n) is 4.05. The van der Waals surface area contributed by atoms with Gasteiger partial charge in [-0.25, -0.2) is 0 Å². The molecule has 0 radical (unpaired) electrons. The molecule has 1 aliphatic heterocycles. The maximum absolute atomic E-state index is 6.24. The molecule has 1 aromatic heterocycles. The Hall–Kier alpha value is 0.1000.